The zero-order valence-corrected chi connectivity index (χ0v) is 16.4. The number of thioether (sulfide) groups is 1. The van der Waals surface area contributed by atoms with Crippen LogP contribution in [0.1, 0.15) is 38.2 Å². The largest absolute Gasteiger partial charge is 0.252 e. The lowest BCUT2D eigenvalue weighted by Crippen LogP contribution is -2.44. The van der Waals surface area contributed by atoms with Gasteiger partial charge in [-0.25, -0.2) is 17.7 Å². The Kier molecular flexibility index (Phi) is 5.65. The maximum atomic E-state index is 11.8. The molecule has 1 fully saturated rings. The third-order valence-corrected chi connectivity index (χ3v) is 6.96. The third kappa shape index (κ3) is 4.33. The van der Waals surface area contributed by atoms with Gasteiger partial charge in [0.25, 0.3) is 0 Å². The molecule has 1 aromatic rings. The molecule has 5 nitrogen and oxygen atoms in total. The van der Waals surface area contributed by atoms with Crippen molar-refractivity contribution in [2.45, 2.75) is 38.3 Å². The van der Waals surface area contributed by atoms with Crippen LogP contribution in [0.15, 0.2) is 40.3 Å². The number of nitrogens with zero attached hydrogens (tertiary/aromatic N) is 3. The third-order valence-electron chi connectivity index (χ3n) is 4.61. The maximum absolute atomic E-state index is 11.8. The fourth-order valence-corrected chi connectivity index (χ4v) is 5.13. The van der Waals surface area contributed by atoms with Crippen molar-refractivity contribution in [1.29, 1.82) is 0 Å². The number of aliphatic imine (C=N–C) groups is 2. The van der Waals surface area contributed by atoms with Crippen LogP contribution in [0.2, 0.25) is 0 Å². The van der Waals surface area contributed by atoms with Gasteiger partial charge in [-0.05, 0) is 12.2 Å². The van der Waals surface area contributed by atoms with Gasteiger partial charge in [0.1, 0.15) is 5.04 Å². The molecule has 0 radical (unpaired) electrons. The minimum Gasteiger partial charge on any atom is -0.252 e. The van der Waals surface area contributed by atoms with Crippen molar-refractivity contribution in [3.05, 3.63) is 35.9 Å². The molecular formula is C18H25N3O2S2. The van der Waals surface area contributed by atoms with Crippen LogP contribution >= 0.6 is 11.8 Å². The maximum Gasteiger partial charge on any atom is 0.211 e. The van der Waals surface area contributed by atoms with E-state index >= 15 is 0 Å². The Hall–Kier alpha value is -1.18. The Morgan fingerprint density at radius 2 is 1.84 bits per heavy atom. The summed E-state index contributed by atoms with van der Waals surface area (Å²) in [6, 6.07) is 10.2. The van der Waals surface area contributed by atoms with Crippen LogP contribution in [0, 0.1) is 0 Å². The molecule has 1 saturated heterocycles. The number of piperidine rings is 1. The number of sulfonamides is 1. The summed E-state index contributed by atoms with van der Waals surface area (Å²) in [4.78, 5) is 9.98. The minimum atomic E-state index is -3.14. The summed E-state index contributed by atoms with van der Waals surface area (Å²) in [5.41, 5.74) is 1.57. The van der Waals surface area contributed by atoms with Crippen LogP contribution in [0.3, 0.4) is 0 Å². The van der Waals surface area contributed by atoms with Gasteiger partial charge in [0.05, 0.1) is 12.0 Å². The normalized spacial score (nSPS) is 20.6. The number of unbranched alkanes of at least 4 members (excludes halogenated alkanes) is 1. The molecule has 2 heterocycles. The molecule has 1 aromatic carbocycles. The molecule has 0 unspecified atom stereocenters. The van der Waals surface area contributed by atoms with Crippen LogP contribution in [-0.4, -0.2) is 54.2 Å². The summed E-state index contributed by atoms with van der Waals surface area (Å²) >= 11 is 1.77. The first-order valence-electron chi connectivity index (χ1n) is 8.77. The Balaban J connectivity index is 1.84. The number of hydrogen-bond acceptors (Lipinski definition) is 5. The van der Waals surface area contributed by atoms with Crippen LogP contribution < -0.4 is 0 Å². The van der Waals surface area contributed by atoms with Gasteiger partial charge in [-0.15, -0.1) is 11.8 Å². The van der Waals surface area contributed by atoms with E-state index in [0.717, 1.165) is 34.9 Å². The number of benzene rings is 1. The first-order valence-corrected chi connectivity index (χ1v) is 11.6. The van der Waals surface area contributed by atoms with Crippen molar-refractivity contribution in [1.82, 2.24) is 4.31 Å². The molecule has 1 spiro atoms. The summed E-state index contributed by atoms with van der Waals surface area (Å²) < 4.78 is 25.1. The van der Waals surface area contributed by atoms with Crippen molar-refractivity contribution >= 4 is 32.5 Å². The van der Waals surface area contributed by atoms with Gasteiger partial charge >= 0.3 is 0 Å². The second kappa shape index (κ2) is 7.60. The highest BCUT2D eigenvalue weighted by Gasteiger charge is 2.41. The average Bonchev–Trinajstić information content (AvgIpc) is 2.94. The van der Waals surface area contributed by atoms with Crippen molar-refractivity contribution in [3.8, 4) is 0 Å². The molecule has 25 heavy (non-hydrogen) atoms. The van der Waals surface area contributed by atoms with Gasteiger partial charge < -0.3 is 0 Å². The lowest BCUT2D eigenvalue weighted by Gasteiger charge is -2.33. The topological polar surface area (TPSA) is 62.1 Å². The van der Waals surface area contributed by atoms with E-state index in [9.17, 15) is 8.42 Å². The molecular weight excluding hydrogens is 354 g/mol. The van der Waals surface area contributed by atoms with E-state index in [1.165, 1.54) is 10.6 Å². The quantitative estimate of drug-likeness (QED) is 0.738. The van der Waals surface area contributed by atoms with Crippen molar-refractivity contribution in [3.63, 3.8) is 0 Å². The van der Waals surface area contributed by atoms with E-state index in [4.69, 9.17) is 9.98 Å². The van der Waals surface area contributed by atoms with E-state index in [1.807, 2.05) is 18.2 Å². The molecule has 136 valence electrons. The standard InChI is InChI=1S/C18H25N3O2S2/c1-3-4-14-24-17-16(15-8-6-5-7-9-15)19-18(20-17)10-12-21(13-11-18)25(2,22)23/h5-9H,3-4,10-14H2,1-2H3. The Labute approximate surface area is 154 Å². The average molecular weight is 380 g/mol. The molecule has 2 aliphatic heterocycles. The SMILES string of the molecule is CCCCSC1=NC2(CCN(S(C)(=O)=O)CC2)N=C1c1ccccc1. The zero-order valence-electron chi connectivity index (χ0n) is 14.8. The van der Waals surface area contributed by atoms with Gasteiger partial charge in [0.2, 0.25) is 10.0 Å². The van der Waals surface area contributed by atoms with E-state index in [0.29, 0.717) is 25.9 Å². The molecule has 0 amide bonds. The molecule has 7 heteroatoms. The highest BCUT2D eigenvalue weighted by molar-refractivity contribution is 8.15. The first kappa shape index (κ1) is 18.6. The van der Waals surface area contributed by atoms with Crippen molar-refractivity contribution in [2.24, 2.45) is 9.98 Å². The second-order valence-corrected chi connectivity index (χ2v) is 9.66. The predicted molar refractivity (Wildman–Crippen MR) is 106 cm³/mol. The number of rotatable bonds is 5. The molecule has 2 aliphatic rings. The molecule has 0 aromatic heterocycles. The van der Waals surface area contributed by atoms with E-state index in [2.05, 4.69) is 19.1 Å². The minimum absolute atomic E-state index is 0.485. The highest BCUT2D eigenvalue weighted by Crippen LogP contribution is 2.36. The van der Waals surface area contributed by atoms with E-state index in [-0.39, 0.29) is 0 Å². The predicted octanol–water partition coefficient (Wildman–Crippen LogP) is 3.17. The van der Waals surface area contributed by atoms with Crippen molar-refractivity contribution in [2.75, 3.05) is 25.1 Å². The summed E-state index contributed by atoms with van der Waals surface area (Å²) in [7, 11) is -3.14. The molecule has 0 N–H and O–H groups in total. The van der Waals surface area contributed by atoms with Gasteiger partial charge in [-0.1, -0.05) is 43.7 Å². The van der Waals surface area contributed by atoms with Crippen LogP contribution in [0.5, 0.6) is 0 Å². The van der Waals surface area contributed by atoms with E-state index < -0.39 is 15.7 Å². The highest BCUT2D eigenvalue weighted by atomic mass is 32.2. The van der Waals surface area contributed by atoms with Gasteiger partial charge in [0.15, 0.2) is 5.66 Å². The van der Waals surface area contributed by atoms with Crippen LogP contribution in [0.4, 0.5) is 0 Å². The Morgan fingerprint density at radius 1 is 1.16 bits per heavy atom. The summed E-state index contributed by atoms with van der Waals surface area (Å²) in [5, 5.41) is 1.01. The lowest BCUT2D eigenvalue weighted by molar-refractivity contribution is 0.250. The monoisotopic (exact) mass is 379 g/mol. The van der Waals surface area contributed by atoms with Crippen LogP contribution in [-0.2, 0) is 10.0 Å². The fraction of sp³-hybridized carbons (Fsp3) is 0.556. The smallest absolute Gasteiger partial charge is 0.211 e. The van der Waals surface area contributed by atoms with Gasteiger partial charge in [0, 0.05) is 31.5 Å². The van der Waals surface area contributed by atoms with Crippen molar-refractivity contribution < 1.29 is 8.42 Å². The molecule has 0 atom stereocenters. The second-order valence-electron chi connectivity index (χ2n) is 6.59. The lowest BCUT2D eigenvalue weighted by atomic mass is 10.00. The molecule has 0 bridgehead atoms. The Morgan fingerprint density at radius 3 is 2.44 bits per heavy atom. The number of hydrogen-bond donors (Lipinski definition) is 0. The summed E-state index contributed by atoms with van der Waals surface area (Å²) in [5.74, 6) is 1.03. The fourth-order valence-electron chi connectivity index (χ4n) is 3.12. The summed E-state index contributed by atoms with van der Waals surface area (Å²) in [6.07, 6.45) is 4.88. The van der Waals surface area contributed by atoms with Gasteiger partial charge in [-0.2, -0.15) is 0 Å². The zero-order chi connectivity index (χ0) is 17.9. The molecule has 0 aliphatic carbocycles. The summed E-state index contributed by atoms with van der Waals surface area (Å²) in [6.45, 7) is 3.16. The Bertz CT molecular complexity index is 765. The van der Waals surface area contributed by atoms with Gasteiger partial charge in [-0.3, -0.25) is 4.99 Å². The first-order chi connectivity index (χ1) is 11.9. The molecule has 0 saturated carbocycles. The molecule has 3 rings (SSSR count). The van der Waals surface area contributed by atoms with Crippen LogP contribution in [0.25, 0.3) is 0 Å². The van der Waals surface area contributed by atoms with E-state index in [1.54, 1.807) is 11.8 Å².